The molecule has 1 aliphatic carbocycles. The highest BCUT2D eigenvalue weighted by molar-refractivity contribution is 7.89. The molecule has 1 saturated carbocycles. The lowest BCUT2D eigenvalue weighted by Gasteiger charge is -2.22. The van der Waals surface area contributed by atoms with Crippen molar-refractivity contribution in [2.45, 2.75) is 37.2 Å². The number of hydrogen-bond donors (Lipinski definition) is 1. The van der Waals surface area contributed by atoms with Gasteiger partial charge in [-0.15, -0.1) is 0 Å². The first-order chi connectivity index (χ1) is 11.4. The largest absolute Gasteiger partial charge is 0.366 e. The van der Waals surface area contributed by atoms with Crippen LogP contribution < -0.4 is 5.73 Å². The standard InChI is InChI=1S/C17H19N3O3S/c1-12-5-8-15(10-16(12)17(18)21)24(22,23)20(14-6-7-14)11-13-4-2-3-9-19-13/h2-5,8-10,14H,6-7,11H2,1H3,(H2,18,21). The van der Waals surface area contributed by atoms with Crippen molar-refractivity contribution >= 4 is 15.9 Å². The van der Waals surface area contributed by atoms with Gasteiger partial charge in [0.2, 0.25) is 15.9 Å². The van der Waals surface area contributed by atoms with Crippen LogP contribution in [0.5, 0.6) is 0 Å². The number of aryl methyl sites for hydroxylation is 1. The molecule has 1 aromatic heterocycles. The fourth-order valence-electron chi connectivity index (χ4n) is 2.59. The number of aromatic nitrogens is 1. The van der Waals surface area contributed by atoms with Gasteiger partial charge in [0.25, 0.3) is 0 Å². The third kappa shape index (κ3) is 3.32. The van der Waals surface area contributed by atoms with Crippen molar-refractivity contribution in [1.29, 1.82) is 0 Å². The van der Waals surface area contributed by atoms with E-state index in [1.54, 1.807) is 31.3 Å². The number of primary amides is 1. The number of hydrogen-bond acceptors (Lipinski definition) is 4. The predicted molar refractivity (Wildman–Crippen MR) is 89.7 cm³/mol. The van der Waals surface area contributed by atoms with Gasteiger partial charge in [-0.3, -0.25) is 9.78 Å². The third-order valence-electron chi connectivity index (χ3n) is 4.08. The molecule has 7 heteroatoms. The van der Waals surface area contributed by atoms with Gasteiger partial charge >= 0.3 is 0 Å². The lowest BCUT2D eigenvalue weighted by Crippen LogP contribution is -2.33. The van der Waals surface area contributed by atoms with E-state index in [9.17, 15) is 13.2 Å². The maximum Gasteiger partial charge on any atom is 0.249 e. The molecule has 3 rings (SSSR count). The second kappa shape index (κ2) is 6.33. The van der Waals surface area contributed by atoms with Crippen molar-refractivity contribution in [2.24, 2.45) is 5.73 Å². The highest BCUT2D eigenvalue weighted by Crippen LogP contribution is 2.33. The van der Waals surface area contributed by atoms with Gasteiger partial charge in [0.05, 0.1) is 17.1 Å². The first-order valence-electron chi connectivity index (χ1n) is 7.72. The molecular formula is C17H19N3O3S. The van der Waals surface area contributed by atoms with Gasteiger partial charge in [-0.2, -0.15) is 4.31 Å². The van der Waals surface area contributed by atoms with Crippen LogP contribution in [0.2, 0.25) is 0 Å². The van der Waals surface area contributed by atoms with E-state index in [4.69, 9.17) is 5.73 Å². The number of nitrogens with zero attached hydrogens (tertiary/aromatic N) is 2. The normalized spacial score (nSPS) is 14.8. The van der Waals surface area contributed by atoms with Crippen molar-refractivity contribution in [3.8, 4) is 0 Å². The van der Waals surface area contributed by atoms with Crippen LogP contribution in [0, 0.1) is 6.92 Å². The zero-order valence-electron chi connectivity index (χ0n) is 13.3. The van der Waals surface area contributed by atoms with E-state index in [0.29, 0.717) is 11.3 Å². The first-order valence-corrected chi connectivity index (χ1v) is 9.16. The second-order valence-electron chi connectivity index (χ2n) is 5.94. The zero-order valence-corrected chi connectivity index (χ0v) is 14.2. The topological polar surface area (TPSA) is 93.4 Å². The zero-order chi connectivity index (χ0) is 17.3. The summed E-state index contributed by atoms with van der Waals surface area (Å²) in [7, 11) is -3.72. The van der Waals surface area contributed by atoms with Crippen molar-refractivity contribution in [3.63, 3.8) is 0 Å². The molecule has 0 radical (unpaired) electrons. The Morgan fingerprint density at radius 1 is 1.29 bits per heavy atom. The van der Waals surface area contributed by atoms with Crippen LogP contribution in [0.3, 0.4) is 0 Å². The lowest BCUT2D eigenvalue weighted by molar-refractivity contribution is 0.0999. The van der Waals surface area contributed by atoms with Gasteiger partial charge < -0.3 is 5.73 Å². The van der Waals surface area contributed by atoms with Crippen molar-refractivity contribution in [2.75, 3.05) is 0 Å². The van der Waals surface area contributed by atoms with E-state index in [0.717, 1.165) is 12.8 Å². The quantitative estimate of drug-likeness (QED) is 0.864. The minimum Gasteiger partial charge on any atom is -0.366 e. The Balaban J connectivity index is 1.98. The highest BCUT2D eigenvalue weighted by atomic mass is 32.2. The summed E-state index contributed by atoms with van der Waals surface area (Å²) in [5.74, 6) is -0.632. The summed E-state index contributed by atoms with van der Waals surface area (Å²) in [5.41, 5.74) is 6.91. The number of pyridine rings is 1. The van der Waals surface area contributed by atoms with Gasteiger partial charge in [-0.1, -0.05) is 12.1 Å². The molecule has 0 aliphatic heterocycles. The van der Waals surface area contributed by atoms with Crippen molar-refractivity contribution in [3.05, 3.63) is 59.4 Å². The van der Waals surface area contributed by atoms with E-state index in [-0.39, 0.29) is 23.0 Å². The van der Waals surface area contributed by atoms with E-state index in [1.807, 2.05) is 6.07 Å². The molecule has 1 fully saturated rings. The molecule has 0 spiro atoms. The van der Waals surface area contributed by atoms with Gasteiger partial charge in [0.1, 0.15) is 0 Å². The Bertz CT molecular complexity index is 862. The summed E-state index contributed by atoms with van der Waals surface area (Å²) < 4.78 is 27.6. The summed E-state index contributed by atoms with van der Waals surface area (Å²) in [6, 6.07) is 9.89. The molecule has 0 saturated heterocycles. The highest BCUT2D eigenvalue weighted by Gasteiger charge is 2.38. The number of carbonyl (C=O) groups is 1. The maximum atomic E-state index is 13.1. The van der Waals surface area contributed by atoms with Gasteiger partial charge in [0, 0.05) is 17.8 Å². The average molecular weight is 345 g/mol. The van der Waals surface area contributed by atoms with Crippen LogP contribution in [0.1, 0.15) is 34.5 Å². The SMILES string of the molecule is Cc1ccc(S(=O)(=O)N(Cc2ccccn2)C2CC2)cc1C(N)=O. The maximum absolute atomic E-state index is 13.1. The molecule has 6 nitrogen and oxygen atoms in total. The number of sulfonamides is 1. The third-order valence-corrected chi connectivity index (χ3v) is 5.97. The number of benzene rings is 1. The minimum atomic E-state index is -3.72. The van der Waals surface area contributed by atoms with Crippen molar-refractivity contribution < 1.29 is 13.2 Å². The molecule has 24 heavy (non-hydrogen) atoms. The Kier molecular flexibility index (Phi) is 4.38. The fraction of sp³-hybridized carbons (Fsp3) is 0.294. The Morgan fingerprint density at radius 2 is 2.04 bits per heavy atom. The number of rotatable bonds is 6. The van der Waals surface area contributed by atoms with E-state index >= 15 is 0 Å². The second-order valence-corrected chi connectivity index (χ2v) is 7.83. The van der Waals surface area contributed by atoms with Gasteiger partial charge in [-0.05, 0) is 49.6 Å². The molecule has 2 aromatic rings. The predicted octanol–water partition coefficient (Wildman–Crippen LogP) is 1.84. The Labute approximate surface area is 141 Å². The molecule has 1 aromatic carbocycles. The molecule has 1 heterocycles. The van der Waals surface area contributed by atoms with Crippen LogP contribution in [0.25, 0.3) is 0 Å². The summed E-state index contributed by atoms with van der Waals surface area (Å²) in [6.07, 6.45) is 3.31. The number of amides is 1. The molecule has 1 amide bonds. The molecule has 126 valence electrons. The summed E-state index contributed by atoms with van der Waals surface area (Å²) in [5, 5.41) is 0. The fourth-order valence-corrected chi connectivity index (χ4v) is 4.27. The summed E-state index contributed by atoms with van der Waals surface area (Å²) >= 11 is 0. The summed E-state index contributed by atoms with van der Waals surface area (Å²) in [6.45, 7) is 1.94. The Morgan fingerprint density at radius 3 is 2.62 bits per heavy atom. The smallest absolute Gasteiger partial charge is 0.249 e. The number of nitrogens with two attached hydrogens (primary N) is 1. The van der Waals surface area contributed by atoms with Crippen LogP contribution in [-0.4, -0.2) is 29.7 Å². The lowest BCUT2D eigenvalue weighted by atomic mass is 10.1. The molecule has 2 N–H and O–H groups in total. The number of carbonyl (C=O) groups excluding carboxylic acids is 1. The van der Waals surface area contributed by atoms with E-state index in [1.165, 1.54) is 16.4 Å². The van der Waals surface area contributed by atoms with Crippen LogP contribution in [0.4, 0.5) is 0 Å². The van der Waals surface area contributed by atoms with E-state index in [2.05, 4.69) is 4.98 Å². The average Bonchev–Trinajstić information content (AvgIpc) is 3.38. The molecule has 1 aliphatic rings. The van der Waals surface area contributed by atoms with Crippen molar-refractivity contribution in [1.82, 2.24) is 9.29 Å². The minimum absolute atomic E-state index is 0.0182. The first kappa shape index (κ1) is 16.6. The molecule has 0 bridgehead atoms. The summed E-state index contributed by atoms with van der Waals surface area (Å²) in [4.78, 5) is 15.8. The van der Waals surface area contributed by atoms with E-state index < -0.39 is 15.9 Å². The monoisotopic (exact) mass is 345 g/mol. The van der Waals surface area contributed by atoms with Crippen LogP contribution >= 0.6 is 0 Å². The molecular weight excluding hydrogens is 326 g/mol. The molecule has 0 atom stereocenters. The molecule has 0 unspecified atom stereocenters. The Hall–Kier alpha value is -2.25. The van der Waals surface area contributed by atoms with Gasteiger partial charge in [0.15, 0.2) is 0 Å². The van der Waals surface area contributed by atoms with Crippen LogP contribution in [0.15, 0.2) is 47.5 Å². The van der Waals surface area contributed by atoms with Gasteiger partial charge in [-0.25, -0.2) is 8.42 Å². The van der Waals surface area contributed by atoms with Crippen LogP contribution in [-0.2, 0) is 16.6 Å².